The molecule has 0 saturated heterocycles. The quantitative estimate of drug-likeness (QED) is 0.354. The number of ether oxygens (including phenoxy) is 1. The fourth-order valence-corrected chi connectivity index (χ4v) is 0.988. The molecule has 0 atom stereocenters. The number of hydrogen-bond acceptors (Lipinski definition) is 4. The van der Waals surface area contributed by atoms with Crippen LogP contribution in [0.1, 0.15) is 6.92 Å². The molecule has 0 amide bonds. The van der Waals surface area contributed by atoms with Crippen LogP contribution in [0.4, 0.5) is 17.6 Å². The summed E-state index contributed by atoms with van der Waals surface area (Å²) in [5.74, 6) is -6.65. The molecule has 5 nitrogen and oxygen atoms in total. The Morgan fingerprint density at radius 3 is 2.06 bits per heavy atom. The van der Waals surface area contributed by atoms with Crippen LogP contribution in [0.25, 0.3) is 0 Å². The van der Waals surface area contributed by atoms with Gasteiger partial charge in [-0.2, -0.15) is 26.0 Å². The van der Waals surface area contributed by atoms with Gasteiger partial charge in [0.2, 0.25) is 0 Å². The summed E-state index contributed by atoms with van der Waals surface area (Å²) in [5.41, 5.74) is -0.337. The van der Waals surface area contributed by atoms with Crippen LogP contribution in [0.15, 0.2) is 12.2 Å². The molecule has 0 saturated carbocycles. The molecule has 0 aromatic heterocycles. The number of alkyl halides is 4. The molecule has 100 valence electrons. The van der Waals surface area contributed by atoms with E-state index in [0.717, 1.165) is 6.92 Å². The fourth-order valence-electron chi connectivity index (χ4n) is 0.552. The molecule has 0 spiro atoms. The molecule has 0 bridgehead atoms. The van der Waals surface area contributed by atoms with Crippen molar-refractivity contribution in [3.05, 3.63) is 12.2 Å². The highest BCUT2D eigenvalue weighted by Crippen LogP contribution is 2.38. The summed E-state index contributed by atoms with van der Waals surface area (Å²) in [6.07, 6.45) is 0. The lowest BCUT2D eigenvalue weighted by Gasteiger charge is -2.23. The molecule has 0 unspecified atom stereocenters. The zero-order chi connectivity index (χ0) is 14.1. The molecule has 0 heterocycles. The van der Waals surface area contributed by atoms with Gasteiger partial charge < -0.3 is 4.74 Å². The fraction of sp³-hybridized carbons (Fsp3) is 0.571. The van der Waals surface area contributed by atoms with Crippen molar-refractivity contribution < 1.29 is 40.1 Å². The summed E-state index contributed by atoms with van der Waals surface area (Å²) in [4.78, 5) is 10.7. The Morgan fingerprint density at radius 2 is 1.76 bits per heavy atom. The zero-order valence-corrected chi connectivity index (χ0v) is 9.23. The third-order valence-corrected chi connectivity index (χ3v) is 2.43. The molecule has 10 heteroatoms. The minimum Gasteiger partial charge on any atom is -0.456 e. The van der Waals surface area contributed by atoms with Crippen molar-refractivity contribution in [3.8, 4) is 0 Å². The van der Waals surface area contributed by atoms with E-state index in [1.165, 1.54) is 0 Å². The largest absolute Gasteiger partial charge is 0.456 e. The van der Waals surface area contributed by atoms with Crippen LogP contribution in [-0.4, -0.2) is 36.7 Å². The average molecular weight is 280 g/mol. The molecule has 0 aliphatic heterocycles. The van der Waals surface area contributed by atoms with Crippen molar-refractivity contribution in [1.82, 2.24) is 0 Å². The van der Waals surface area contributed by atoms with E-state index in [2.05, 4.69) is 11.3 Å². The first kappa shape index (κ1) is 15.8. The molecule has 0 aliphatic carbocycles. The maximum absolute atomic E-state index is 12.7. The maximum atomic E-state index is 12.7. The highest BCUT2D eigenvalue weighted by Gasteiger charge is 2.66. The second-order valence-electron chi connectivity index (χ2n) is 3.05. The monoisotopic (exact) mass is 280 g/mol. The normalized spacial score (nSPS) is 13.3. The first-order chi connectivity index (χ1) is 7.33. The average Bonchev–Trinajstić information content (AvgIpc) is 2.11. The standard InChI is InChI=1S/C7H8F4O5S/c1-4(2)5(12)16-3-6(8,9)7(10,11)17(13,14)15/h1,3H2,2H3,(H,13,14,15). The number of carbonyl (C=O) groups is 1. The lowest BCUT2D eigenvalue weighted by molar-refractivity contribution is -0.194. The van der Waals surface area contributed by atoms with E-state index in [1.807, 2.05) is 0 Å². The van der Waals surface area contributed by atoms with Crippen molar-refractivity contribution in [2.24, 2.45) is 0 Å². The van der Waals surface area contributed by atoms with Gasteiger partial charge in [0.05, 0.1) is 0 Å². The van der Waals surface area contributed by atoms with Crippen molar-refractivity contribution in [2.45, 2.75) is 18.1 Å². The number of hydrogen-bond donors (Lipinski definition) is 1. The highest BCUT2D eigenvalue weighted by molar-refractivity contribution is 7.87. The number of esters is 1. The SMILES string of the molecule is C=C(C)C(=O)OCC(F)(F)C(F)(F)S(=O)(=O)O. The molecule has 0 radical (unpaired) electrons. The van der Waals surface area contributed by atoms with E-state index in [4.69, 9.17) is 4.55 Å². The van der Waals surface area contributed by atoms with Crippen molar-refractivity contribution in [3.63, 3.8) is 0 Å². The Kier molecular flexibility index (Phi) is 4.29. The van der Waals surface area contributed by atoms with Crippen LogP contribution in [0, 0.1) is 0 Å². The van der Waals surface area contributed by atoms with Crippen molar-refractivity contribution >= 4 is 16.1 Å². The van der Waals surface area contributed by atoms with Crippen LogP contribution >= 0.6 is 0 Å². The van der Waals surface area contributed by atoms with Gasteiger partial charge in [-0.3, -0.25) is 4.55 Å². The number of halogens is 4. The Hall–Kier alpha value is -1.16. The first-order valence-electron chi connectivity index (χ1n) is 3.88. The summed E-state index contributed by atoms with van der Waals surface area (Å²) in [5, 5.41) is -5.75. The summed E-state index contributed by atoms with van der Waals surface area (Å²) in [6.45, 7) is 1.86. The second kappa shape index (κ2) is 4.61. The van der Waals surface area contributed by atoms with Gasteiger partial charge in [-0.05, 0) is 6.92 Å². The summed E-state index contributed by atoms with van der Waals surface area (Å²) in [7, 11) is -6.33. The van der Waals surface area contributed by atoms with E-state index in [-0.39, 0.29) is 5.57 Å². The van der Waals surface area contributed by atoms with Gasteiger partial charge in [-0.15, -0.1) is 0 Å². The van der Waals surface area contributed by atoms with Crippen LogP contribution in [0.2, 0.25) is 0 Å². The van der Waals surface area contributed by atoms with Crippen LogP contribution in [0.3, 0.4) is 0 Å². The lowest BCUT2D eigenvalue weighted by atomic mass is 10.3. The second-order valence-corrected chi connectivity index (χ2v) is 4.52. The Balaban J connectivity index is 4.93. The van der Waals surface area contributed by atoms with Gasteiger partial charge in [0.1, 0.15) is 0 Å². The summed E-state index contributed by atoms with van der Waals surface area (Å²) >= 11 is 0. The number of rotatable bonds is 5. The molecule has 0 aliphatic rings. The third kappa shape index (κ3) is 3.40. The Bertz CT molecular complexity index is 428. The van der Waals surface area contributed by atoms with E-state index in [0.29, 0.717) is 0 Å². The molecule has 0 rings (SSSR count). The molecule has 0 fully saturated rings. The molecule has 0 aromatic rings. The van der Waals surface area contributed by atoms with Crippen LogP contribution in [0.5, 0.6) is 0 Å². The highest BCUT2D eigenvalue weighted by atomic mass is 32.2. The topological polar surface area (TPSA) is 80.7 Å². The van der Waals surface area contributed by atoms with Crippen LogP contribution in [-0.2, 0) is 19.6 Å². The van der Waals surface area contributed by atoms with Crippen molar-refractivity contribution in [1.29, 1.82) is 0 Å². The Labute approximate surface area is 93.8 Å². The first-order valence-corrected chi connectivity index (χ1v) is 5.32. The van der Waals surface area contributed by atoms with E-state index >= 15 is 0 Å². The van der Waals surface area contributed by atoms with Gasteiger partial charge in [0, 0.05) is 5.57 Å². The number of carbonyl (C=O) groups excluding carboxylic acids is 1. The minimum absolute atomic E-state index is 0.337. The van der Waals surface area contributed by atoms with Gasteiger partial charge in [0.15, 0.2) is 6.61 Å². The molecular weight excluding hydrogens is 272 g/mol. The van der Waals surface area contributed by atoms with Gasteiger partial charge in [0.25, 0.3) is 0 Å². The Morgan fingerprint density at radius 1 is 1.35 bits per heavy atom. The van der Waals surface area contributed by atoms with E-state index in [1.54, 1.807) is 0 Å². The molecule has 1 N–H and O–H groups in total. The molecule has 17 heavy (non-hydrogen) atoms. The molecule has 0 aromatic carbocycles. The van der Waals surface area contributed by atoms with Gasteiger partial charge in [-0.1, -0.05) is 6.58 Å². The third-order valence-electron chi connectivity index (χ3n) is 1.48. The summed E-state index contributed by atoms with van der Waals surface area (Å²) < 4.78 is 82.3. The molecular formula is C7H8F4O5S. The predicted octanol–water partition coefficient (Wildman–Crippen LogP) is 1.22. The van der Waals surface area contributed by atoms with Crippen molar-refractivity contribution in [2.75, 3.05) is 6.61 Å². The van der Waals surface area contributed by atoms with E-state index < -0.39 is 33.9 Å². The smallest absolute Gasteiger partial charge is 0.435 e. The predicted molar refractivity (Wildman–Crippen MR) is 47.2 cm³/mol. The van der Waals surface area contributed by atoms with Gasteiger partial charge in [-0.25, -0.2) is 4.79 Å². The van der Waals surface area contributed by atoms with Crippen LogP contribution < -0.4 is 0 Å². The zero-order valence-electron chi connectivity index (χ0n) is 8.41. The lowest BCUT2D eigenvalue weighted by Crippen LogP contribution is -2.50. The van der Waals surface area contributed by atoms with E-state index in [9.17, 15) is 30.8 Å². The van der Waals surface area contributed by atoms with Gasteiger partial charge >= 0.3 is 27.3 Å². The maximum Gasteiger partial charge on any atom is 0.435 e. The summed E-state index contributed by atoms with van der Waals surface area (Å²) in [6, 6.07) is 0. The minimum atomic E-state index is -6.33.